The lowest BCUT2D eigenvalue weighted by atomic mass is 9.85. The molecule has 3 heteroatoms. The maximum Gasteiger partial charge on any atom is 0.0517 e. The van der Waals surface area contributed by atoms with Gasteiger partial charge >= 0.3 is 0 Å². The van der Waals surface area contributed by atoms with Crippen LogP contribution in [0.15, 0.2) is 6.07 Å². The molecular formula is C10H18N2S. The quantitative estimate of drug-likeness (QED) is 0.811. The molecule has 1 aromatic rings. The van der Waals surface area contributed by atoms with E-state index in [1.807, 2.05) is 6.92 Å². The molecule has 1 aromatic heterocycles. The SMILES string of the molecule is CCC(C)C(C)(N)c1cc(C)ns1. The van der Waals surface area contributed by atoms with E-state index in [-0.39, 0.29) is 5.54 Å². The van der Waals surface area contributed by atoms with Crippen LogP contribution >= 0.6 is 11.5 Å². The van der Waals surface area contributed by atoms with Crippen LogP contribution in [-0.4, -0.2) is 4.37 Å². The predicted octanol–water partition coefficient (Wildman–Crippen LogP) is 2.67. The highest BCUT2D eigenvalue weighted by Crippen LogP contribution is 2.31. The van der Waals surface area contributed by atoms with Gasteiger partial charge in [-0.15, -0.1) is 0 Å². The molecule has 0 aliphatic carbocycles. The molecule has 2 atom stereocenters. The molecule has 0 saturated heterocycles. The standard InChI is InChI=1S/C10H18N2S/c1-5-7(2)10(4,11)9-6-8(3)12-13-9/h6-7H,5,11H2,1-4H3. The second kappa shape index (κ2) is 3.76. The zero-order chi connectivity index (χ0) is 10.1. The minimum Gasteiger partial charge on any atom is -0.321 e. The fourth-order valence-electron chi connectivity index (χ4n) is 1.28. The van der Waals surface area contributed by atoms with E-state index in [4.69, 9.17) is 5.73 Å². The average Bonchev–Trinajstić information content (AvgIpc) is 2.50. The fraction of sp³-hybridized carbons (Fsp3) is 0.700. The van der Waals surface area contributed by atoms with Crippen LogP contribution in [0.1, 0.15) is 37.8 Å². The number of hydrogen-bond acceptors (Lipinski definition) is 3. The van der Waals surface area contributed by atoms with E-state index >= 15 is 0 Å². The summed E-state index contributed by atoms with van der Waals surface area (Å²) < 4.78 is 4.26. The van der Waals surface area contributed by atoms with Crippen molar-refractivity contribution in [2.24, 2.45) is 11.7 Å². The molecule has 0 fully saturated rings. The molecule has 2 unspecified atom stereocenters. The van der Waals surface area contributed by atoms with Crippen molar-refractivity contribution in [1.29, 1.82) is 0 Å². The van der Waals surface area contributed by atoms with Gasteiger partial charge in [0.25, 0.3) is 0 Å². The average molecular weight is 198 g/mol. The van der Waals surface area contributed by atoms with Crippen molar-refractivity contribution in [3.05, 3.63) is 16.6 Å². The Morgan fingerprint density at radius 2 is 2.31 bits per heavy atom. The normalized spacial score (nSPS) is 18.2. The number of nitrogens with zero attached hydrogens (tertiary/aromatic N) is 1. The Labute approximate surface area is 84.3 Å². The fourth-order valence-corrected chi connectivity index (χ4v) is 2.20. The summed E-state index contributed by atoms with van der Waals surface area (Å²) in [6.07, 6.45) is 1.10. The minimum atomic E-state index is -0.222. The van der Waals surface area contributed by atoms with Gasteiger partial charge < -0.3 is 5.73 Å². The maximum absolute atomic E-state index is 6.28. The third-order valence-corrected chi connectivity index (χ3v) is 3.93. The van der Waals surface area contributed by atoms with Gasteiger partial charge in [0, 0.05) is 4.88 Å². The maximum atomic E-state index is 6.28. The van der Waals surface area contributed by atoms with E-state index in [0.29, 0.717) is 5.92 Å². The van der Waals surface area contributed by atoms with E-state index in [1.54, 1.807) is 0 Å². The lowest BCUT2D eigenvalue weighted by Gasteiger charge is -2.29. The summed E-state index contributed by atoms with van der Waals surface area (Å²) in [6, 6.07) is 2.09. The van der Waals surface area contributed by atoms with Crippen LogP contribution in [0.4, 0.5) is 0 Å². The molecule has 2 N–H and O–H groups in total. The van der Waals surface area contributed by atoms with Crippen LogP contribution in [0.3, 0.4) is 0 Å². The minimum absolute atomic E-state index is 0.222. The first-order valence-corrected chi connectivity index (χ1v) is 5.48. The molecule has 0 radical (unpaired) electrons. The number of hydrogen-bond donors (Lipinski definition) is 1. The zero-order valence-electron chi connectivity index (χ0n) is 8.79. The summed E-state index contributed by atoms with van der Waals surface area (Å²) in [6.45, 7) is 8.46. The van der Waals surface area contributed by atoms with Crippen molar-refractivity contribution in [1.82, 2.24) is 4.37 Å². The molecule has 0 aliphatic rings. The van der Waals surface area contributed by atoms with Gasteiger partial charge in [0.2, 0.25) is 0 Å². The van der Waals surface area contributed by atoms with Crippen LogP contribution < -0.4 is 5.73 Å². The third-order valence-electron chi connectivity index (χ3n) is 2.79. The van der Waals surface area contributed by atoms with Crippen LogP contribution in [0.2, 0.25) is 0 Å². The highest BCUT2D eigenvalue weighted by Gasteiger charge is 2.29. The van der Waals surface area contributed by atoms with Gasteiger partial charge in [0.05, 0.1) is 11.2 Å². The molecule has 74 valence electrons. The topological polar surface area (TPSA) is 38.9 Å². The van der Waals surface area contributed by atoms with Gasteiger partial charge in [-0.25, -0.2) is 0 Å². The van der Waals surface area contributed by atoms with Crippen molar-refractivity contribution in [3.8, 4) is 0 Å². The summed E-state index contributed by atoms with van der Waals surface area (Å²) in [4.78, 5) is 1.19. The van der Waals surface area contributed by atoms with Gasteiger partial charge in [0.15, 0.2) is 0 Å². The number of rotatable bonds is 3. The van der Waals surface area contributed by atoms with Crippen molar-refractivity contribution in [2.45, 2.75) is 39.7 Å². The summed E-state index contributed by atoms with van der Waals surface area (Å²) in [5.74, 6) is 0.493. The Kier molecular flexibility index (Phi) is 3.09. The lowest BCUT2D eigenvalue weighted by Crippen LogP contribution is -2.38. The summed E-state index contributed by atoms with van der Waals surface area (Å²) >= 11 is 1.53. The largest absolute Gasteiger partial charge is 0.321 e. The first kappa shape index (κ1) is 10.7. The van der Waals surface area contributed by atoms with Crippen LogP contribution in [0.25, 0.3) is 0 Å². The van der Waals surface area contributed by atoms with Gasteiger partial charge in [-0.2, -0.15) is 4.37 Å². The van der Waals surface area contributed by atoms with Crippen molar-refractivity contribution >= 4 is 11.5 Å². The van der Waals surface area contributed by atoms with E-state index in [1.165, 1.54) is 16.4 Å². The molecule has 2 nitrogen and oxygen atoms in total. The summed E-state index contributed by atoms with van der Waals surface area (Å²) in [7, 11) is 0. The number of nitrogens with two attached hydrogens (primary N) is 1. The first-order valence-electron chi connectivity index (χ1n) is 4.71. The molecule has 0 bridgehead atoms. The number of aryl methyl sites for hydroxylation is 1. The van der Waals surface area contributed by atoms with E-state index in [2.05, 4.69) is 31.2 Å². The Bertz CT molecular complexity index is 278. The van der Waals surface area contributed by atoms with Gasteiger partial charge in [-0.3, -0.25) is 0 Å². The Morgan fingerprint density at radius 3 is 2.69 bits per heavy atom. The molecule has 0 aromatic carbocycles. The molecule has 0 spiro atoms. The van der Waals surface area contributed by atoms with Crippen molar-refractivity contribution in [3.63, 3.8) is 0 Å². The Balaban J connectivity index is 2.92. The molecular weight excluding hydrogens is 180 g/mol. The van der Waals surface area contributed by atoms with Crippen molar-refractivity contribution < 1.29 is 0 Å². The number of aromatic nitrogens is 1. The molecule has 0 amide bonds. The van der Waals surface area contributed by atoms with Gasteiger partial charge in [-0.05, 0) is 37.4 Å². The van der Waals surface area contributed by atoms with Gasteiger partial charge in [-0.1, -0.05) is 20.3 Å². The van der Waals surface area contributed by atoms with Gasteiger partial charge in [0.1, 0.15) is 0 Å². The highest BCUT2D eigenvalue weighted by atomic mass is 32.1. The smallest absolute Gasteiger partial charge is 0.0517 e. The molecule has 0 saturated carbocycles. The molecule has 0 aliphatic heterocycles. The second-order valence-corrected chi connectivity index (χ2v) is 4.73. The Morgan fingerprint density at radius 1 is 1.69 bits per heavy atom. The van der Waals surface area contributed by atoms with Crippen molar-refractivity contribution in [2.75, 3.05) is 0 Å². The molecule has 1 heterocycles. The van der Waals surface area contributed by atoms with Crippen LogP contribution in [0, 0.1) is 12.8 Å². The third kappa shape index (κ3) is 2.09. The first-order chi connectivity index (χ1) is 5.98. The highest BCUT2D eigenvalue weighted by molar-refractivity contribution is 7.06. The Hall–Kier alpha value is -0.410. The van der Waals surface area contributed by atoms with Crippen LogP contribution in [-0.2, 0) is 5.54 Å². The van der Waals surface area contributed by atoms with E-state index in [0.717, 1.165) is 12.1 Å². The monoisotopic (exact) mass is 198 g/mol. The van der Waals surface area contributed by atoms with E-state index < -0.39 is 0 Å². The summed E-state index contributed by atoms with van der Waals surface area (Å²) in [5, 5.41) is 0. The second-order valence-electron chi connectivity index (χ2n) is 3.92. The predicted molar refractivity (Wildman–Crippen MR) is 57.8 cm³/mol. The zero-order valence-corrected chi connectivity index (χ0v) is 9.61. The molecule has 1 rings (SSSR count). The van der Waals surface area contributed by atoms with E-state index in [9.17, 15) is 0 Å². The molecule has 13 heavy (non-hydrogen) atoms. The summed E-state index contributed by atoms with van der Waals surface area (Å²) in [5.41, 5.74) is 7.12. The lowest BCUT2D eigenvalue weighted by molar-refractivity contribution is 0.322. The van der Waals surface area contributed by atoms with Crippen LogP contribution in [0.5, 0.6) is 0 Å².